The highest BCUT2D eigenvalue weighted by atomic mass is 32.3. The summed E-state index contributed by atoms with van der Waals surface area (Å²) in [5.74, 6) is -2.94. The quantitative estimate of drug-likeness (QED) is 0.0132. The minimum Gasteiger partial charge on any atom is -0.497 e. The molecule has 0 saturated carbocycles. The monoisotopic (exact) mass is 2170 g/mol. The number of benzene rings is 6. The fourth-order valence-electron chi connectivity index (χ4n) is 12.6. The molecule has 0 bridgehead atoms. The minimum absolute atomic E-state index is 0. The topological polar surface area (TPSA) is 623 Å². The standard InChI is InChI=1S/C23H33FN4O5S2.C17H26FN5O5S.C16H21FN4O4S.C12H16FN5O3S.C11H17FN4O3S.2C2H6.CH5N.5CH4.H2O/c1-22(2,3)34(31)26-23(4,20-14-18(28(29)30)10-13-21(20)24)16-35(32,25-5)27(6)15-17-8-11-19(33-7)12-9-17;1-16(2,3)28-15(24)20-14-21-17(4,10-29(27,19-5)22(14)6)12-9-11(23(25)26)7-8-13(12)18;1-15(2,3)25-14(22)18-13-19-16(4,9-26-20(13)5)11-8-10(21(23)24)6-7-12(11)17;1-12(7-22(21,15-2)17(3)11(14)16-12)9-6-8(18(19)20)4-5-10(9)13;1-11(13,7-20(19,14-2)15-3)9-6-8(16(17)18)4-5-10(9)12;3*1-2;;;;;;/h8-14,26H,15-16H2,1-7H3;7-9,19,27H,10H2,1-6H3,(H,20,21,24);6-8H,9H2,1-5H3,(H,18,19,22);4-6H,7H2,1-3H3,(H2,14,16);4-6H,7,13H2,1-3H3,(H,14,15,19);2*1-2H3;2H2,1H3;5*1H4;1H2/t23-,34+,35?;17-;16-;12-,22?;11-;;;;;;;;;/m00000........./s1. The van der Waals surface area contributed by atoms with Crippen LogP contribution in [-0.4, -0.2) is 221 Å². The molecular weight excluding hydrogens is 2010 g/mol. The number of non-ortho nitro benzene ring substituents is 5. The number of hydrogen-bond acceptors (Lipinski definition) is 33. The van der Waals surface area contributed by atoms with Gasteiger partial charge in [-0.15, -0.1) is 0 Å². The van der Waals surface area contributed by atoms with Crippen LogP contribution in [0.1, 0.15) is 195 Å². The maximum atomic E-state index is 15.1. The fourth-order valence-corrected chi connectivity index (χ4v) is 21.7. The van der Waals surface area contributed by atoms with Gasteiger partial charge >= 0.3 is 12.2 Å². The first-order valence-electron chi connectivity index (χ1n) is 41.9. The van der Waals surface area contributed by atoms with E-state index in [1.807, 2.05) is 39.8 Å². The summed E-state index contributed by atoms with van der Waals surface area (Å²) in [6, 6.07) is 23.0. The number of amides is 2. The van der Waals surface area contributed by atoms with E-state index < -0.39 is 161 Å². The number of ether oxygens (including phenoxy) is 3. The Morgan fingerprint density at radius 3 is 1.30 bits per heavy atom. The Bertz CT molecular complexity index is 5880. The number of nitro benzene ring substituents is 5. The number of carbonyl (C=O) groups is 2. The smallest absolute Gasteiger partial charge is 0.414 e. The summed E-state index contributed by atoms with van der Waals surface area (Å²) in [5.41, 5.74) is 7.43. The van der Waals surface area contributed by atoms with E-state index in [-0.39, 0.29) is 146 Å². The Balaban J connectivity index is -0.000000552. The highest BCUT2D eigenvalue weighted by Crippen LogP contribution is 2.52. The molecule has 820 valence electrons. The average Bonchev–Trinajstić information content (AvgIpc) is 0.748. The molecule has 0 radical (unpaired) electrons. The molecule has 6 aromatic rings. The molecule has 3 aliphatic rings. The van der Waals surface area contributed by atoms with Crippen LogP contribution in [0.2, 0.25) is 0 Å². The lowest BCUT2D eigenvalue weighted by Gasteiger charge is -2.50. The van der Waals surface area contributed by atoms with Gasteiger partial charge in [0.15, 0.2) is 0 Å². The molecule has 0 spiro atoms. The number of carbonyl (C=O) groups excluding carboxylic acids is 2. The van der Waals surface area contributed by atoms with Gasteiger partial charge in [-0.3, -0.25) is 74.1 Å². The van der Waals surface area contributed by atoms with Crippen molar-refractivity contribution in [3.63, 3.8) is 0 Å². The maximum Gasteiger partial charge on any atom is 0.414 e. The summed E-state index contributed by atoms with van der Waals surface area (Å²) in [6.07, 6.45) is -1.49. The van der Waals surface area contributed by atoms with Crippen LogP contribution in [0.25, 0.3) is 0 Å². The van der Waals surface area contributed by atoms with Gasteiger partial charge in [-0.25, -0.2) is 94.9 Å². The predicted molar refractivity (Wildman–Crippen MR) is 570 cm³/mol. The fraction of sp³-hybridized carbons (Fsp3) is 0.539. The Morgan fingerprint density at radius 2 is 0.944 bits per heavy atom. The molecule has 6 aromatic carbocycles. The molecule has 0 saturated heterocycles. The molecule has 10 atom stereocenters. The number of nitrogens with two attached hydrogens (primary N) is 3. The number of halogens is 5. The summed E-state index contributed by atoms with van der Waals surface area (Å²) in [7, 11) is 3.16. The average molecular weight is 2170 g/mol. The SMILES string of the molecule is C.C.C.C.C.CC.CC.CN.CN1SC[C@@](C)(c2cc([N+](=O)[O-])ccc2F)N=C1NC(=O)OC(C)(C)C.CN=S(=O)(C[C@](C)(N)c1cc([N+](=O)[O-])ccc1F)NC.CN=S(=O)(C[C@](C)(N[S@](=O)C(C)(C)C)c1cc([N+](=O)[O-])ccc1F)N(C)Cc1ccc(OC)cc1.CN=S1(=O)C[C@@](C)(c2cc([N+](=O)[O-])ccc2F)N=C(N)N1C.CNS1(O)C[C@@](C)(c2cc([N+](=O)[O-])ccc2F)N=C(NC(=O)OC(C)(C)C)N1C.O. The third-order valence-corrected chi connectivity index (χ3v) is 32.8. The van der Waals surface area contributed by atoms with Crippen LogP contribution in [0.5, 0.6) is 5.75 Å². The van der Waals surface area contributed by atoms with Crippen molar-refractivity contribution in [1.29, 1.82) is 0 Å². The second-order valence-corrected chi connectivity index (χ2v) is 46.6. The lowest BCUT2D eigenvalue weighted by atomic mass is 9.93. The van der Waals surface area contributed by atoms with Crippen LogP contribution in [0, 0.1) is 79.7 Å². The molecule has 144 heavy (non-hydrogen) atoms. The van der Waals surface area contributed by atoms with Crippen molar-refractivity contribution in [2.75, 3.05) is 106 Å². The second kappa shape index (κ2) is 58.3. The number of alkyl carbamates (subject to hydrolysis) is 2. The zero-order valence-corrected chi connectivity index (χ0v) is 88.1. The molecule has 14 N–H and O–H groups in total. The van der Waals surface area contributed by atoms with E-state index in [1.165, 1.54) is 111 Å². The Hall–Kier alpha value is -11.1. The van der Waals surface area contributed by atoms with E-state index in [2.05, 4.69) is 58.6 Å². The molecule has 2 amide bonds. The van der Waals surface area contributed by atoms with Gasteiger partial charge < -0.3 is 41.4 Å². The number of guanidine groups is 3. The van der Waals surface area contributed by atoms with Crippen molar-refractivity contribution in [3.05, 3.63) is 228 Å². The molecule has 3 aliphatic heterocycles. The predicted octanol–water partition coefficient (Wildman–Crippen LogP) is 17.0. The third-order valence-electron chi connectivity index (χ3n) is 19.7. The van der Waals surface area contributed by atoms with Gasteiger partial charge in [0, 0.05) is 161 Å². The normalized spacial score (nSPS) is 19.8. The second-order valence-electron chi connectivity index (χ2n) is 33.7. The van der Waals surface area contributed by atoms with Crippen molar-refractivity contribution in [3.8, 4) is 5.75 Å². The van der Waals surface area contributed by atoms with E-state index in [0.717, 1.165) is 90.5 Å². The number of hydrogen-bond donors (Lipinski definition) is 9. The van der Waals surface area contributed by atoms with Crippen molar-refractivity contribution in [2.24, 2.45) is 45.3 Å². The van der Waals surface area contributed by atoms with Crippen molar-refractivity contribution < 1.29 is 97.2 Å². The zero-order chi connectivity index (χ0) is 107. The lowest BCUT2D eigenvalue weighted by molar-refractivity contribution is -0.385. The molecule has 4 unspecified atom stereocenters. The number of nitro groups is 5. The molecule has 0 aliphatic carbocycles. The van der Waals surface area contributed by atoms with Crippen LogP contribution in [0.4, 0.5) is 60.0 Å². The van der Waals surface area contributed by atoms with Crippen LogP contribution < -0.4 is 46.7 Å². The van der Waals surface area contributed by atoms with Crippen LogP contribution in [0.15, 0.2) is 143 Å². The van der Waals surface area contributed by atoms with Gasteiger partial charge in [-0.2, -0.15) is 0 Å². The van der Waals surface area contributed by atoms with Gasteiger partial charge in [0.1, 0.15) is 92.4 Å². The number of rotatable bonds is 22. The van der Waals surface area contributed by atoms with Crippen molar-refractivity contribution in [1.82, 2.24) is 42.0 Å². The summed E-state index contributed by atoms with van der Waals surface area (Å²) in [5, 5.41) is 60.2. The van der Waals surface area contributed by atoms with E-state index in [0.29, 0.717) is 11.5 Å². The summed E-state index contributed by atoms with van der Waals surface area (Å²) >= 11 is 1.31. The third kappa shape index (κ3) is 38.7. The van der Waals surface area contributed by atoms with E-state index in [1.54, 1.807) is 111 Å². The van der Waals surface area contributed by atoms with Crippen molar-refractivity contribution >= 4 is 122 Å². The van der Waals surface area contributed by atoms with Crippen LogP contribution in [-0.2, 0) is 84.4 Å². The van der Waals surface area contributed by atoms with Gasteiger partial charge in [0.25, 0.3) is 28.4 Å². The molecule has 0 aromatic heterocycles. The van der Waals surface area contributed by atoms with E-state index >= 15 is 4.39 Å². The minimum atomic E-state index is -3.17. The van der Waals surface area contributed by atoms with Crippen LogP contribution >= 0.6 is 22.6 Å². The first-order chi connectivity index (χ1) is 63.5. The van der Waals surface area contributed by atoms with Gasteiger partial charge in [-0.1, -0.05) is 77.0 Å². The zero-order valence-electron chi connectivity index (χ0n) is 83.2. The molecule has 44 nitrogen and oxygen atoms in total. The lowest BCUT2D eigenvalue weighted by Crippen LogP contribution is -2.54. The summed E-state index contributed by atoms with van der Waals surface area (Å²) < 4.78 is 176. The van der Waals surface area contributed by atoms with Crippen LogP contribution in [0.3, 0.4) is 0 Å². The number of aliphatic imine (C=N–C) groups is 3. The highest BCUT2D eigenvalue weighted by Gasteiger charge is 2.48. The highest BCUT2D eigenvalue weighted by molar-refractivity contribution is 8.25. The molecule has 9 rings (SSSR count). The Labute approximate surface area is 853 Å². The largest absolute Gasteiger partial charge is 0.497 e. The molecular formula is C89H152F5N23O21S6. The number of methoxy groups -OCH3 is 1. The van der Waals surface area contributed by atoms with Gasteiger partial charge in [-0.05, 0) is 178 Å². The first-order valence-corrected chi connectivity index (χ1v) is 50.6. The number of nitrogens with zero attached hydrogens (tertiary/aromatic N) is 15. The van der Waals surface area contributed by atoms with E-state index in [4.69, 9.17) is 25.7 Å². The van der Waals surface area contributed by atoms with E-state index in [9.17, 15) is 99.1 Å². The molecule has 3 heterocycles. The summed E-state index contributed by atoms with van der Waals surface area (Å²) in [4.78, 5) is 89.3. The van der Waals surface area contributed by atoms with Crippen molar-refractivity contribution in [2.45, 2.75) is 212 Å². The van der Waals surface area contributed by atoms with Gasteiger partial charge in [0.05, 0.1) is 81.5 Å². The number of nitrogens with one attached hydrogen (secondary N) is 5. The molecule has 0 fully saturated rings. The Morgan fingerprint density at radius 1 is 0.583 bits per heavy atom. The first kappa shape index (κ1) is 141. The van der Waals surface area contributed by atoms with Gasteiger partial charge in [0.2, 0.25) is 17.9 Å². The summed E-state index contributed by atoms with van der Waals surface area (Å²) in [6.45, 7) is 31.4. The molecule has 55 heteroatoms. The Kier molecular flexibility index (Phi) is 57.2. The maximum absolute atomic E-state index is 15.1.